The zero-order valence-electron chi connectivity index (χ0n) is 17.4. The molecule has 1 atom stereocenters. The van der Waals surface area contributed by atoms with Gasteiger partial charge in [0.2, 0.25) is 0 Å². The van der Waals surface area contributed by atoms with Crippen LogP contribution in [0.15, 0.2) is 72.8 Å². The third-order valence-electron chi connectivity index (χ3n) is 5.20. The van der Waals surface area contributed by atoms with Gasteiger partial charge in [-0.2, -0.15) is 0 Å². The van der Waals surface area contributed by atoms with Crippen LogP contribution in [0, 0.1) is 10.1 Å². The molecule has 0 saturated heterocycles. The van der Waals surface area contributed by atoms with Gasteiger partial charge in [-0.05, 0) is 42.8 Å². The van der Waals surface area contributed by atoms with E-state index in [1.807, 2.05) is 30.3 Å². The number of nitro benzene ring substituents is 1. The second-order valence-corrected chi connectivity index (χ2v) is 7.52. The van der Waals surface area contributed by atoms with E-state index in [1.165, 1.54) is 24.3 Å². The summed E-state index contributed by atoms with van der Waals surface area (Å²) in [5, 5.41) is 13.6. The van der Waals surface area contributed by atoms with Gasteiger partial charge in [-0.3, -0.25) is 19.7 Å². The molecule has 3 aromatic rings. The van der Waals surface area contributed by atoms with Gasteiger partial charge in [0, 0.05) is 42.0 Å². The van der Waals surface area contributed by atoms with Crippen molar-refractivity contribution in [2.75, 3.05) is 5.32 Å². The predicted octanol–water partition coefficient (Wildman–Crippen LogP) is 4.16. The highest BCUT2D eigenvalue weighted by atomic mass is 16.6. The predicted molar refractivity (Wildman–Crippen MR) is 118 cm³/mol. The number of nitrogens with one attached hydrogen (secondary N) is 1. The van der Waals surface area contributed by atoms with Crippen molar-refractivity contribution in [3.05, 3.63) is 99.6 Å². The highest BCUT2D eigenvalue weighted by Gasteiger charge is 2.28. The fourth-order valence-corrected chi connectivity index (χ4v) is 3.55. The van der Waals surface area contributed by atoms with Gasteiger partial charge in [0.05, 0.1) is 4.92 Å². The monoisotopic (exact) mass is 431 g/mol. The number of carbonyl (C=O) groups is 2. The van der Waals surface area contributed by atoms with Crippen molar-refractivity contribution in [2.45, 2.75) is 26.1 Å². The van der Waals surface area contributed by atoms with Gasteiger partial charge in [-0.1, -0.05) is 30.3 Å². The number of hydrogen-bond acceptors (Lipinski definition) is 5. The van der Waals surface area contributed by atoms with E-state index in [1.54, 1.807) is 30.0 Å². The first-order valence-electron chi connectivity index (χ1n) is 10.1. The molecule has 1 heterocycles. The van der Waals surface area contributed by atoms with E-state index < -0.39 is 11.0 Å². The maximum absolute atomic E-state index is 12.8. The average molecular weight is 431 g/mol. The number of anilines is 1. The van der Waals surface area contributed by atoms with E-state index >= 15 is 0 Å². The van der Waals surface area contributed by atoms with Gasteiger partial charge in [0.15, 0.2) is 6.10 Å². The number of nitrogens with zero attached hydrogens (tertiary/aromatic N) is 2. The van der Waals surface area contributed by atoms with Crippen LogP contribution in [-0.4, -0.2) is 27.7 Å². The summed E-state index contributed by atoms with van der Waals surface area (Å²) < 4.78 is 5.85. The summed E-state index contributed by atoms with van der Waals surface area (Å²) in [7, 11) is 0. The topological polar surface area (TPSA) is 102 Å². The summed E-state index contributed by atoms with van der Waals surface area (Å²) in [6.07, 6.45) is -0.625. The summed E-state index contributed by atoms with van der Waals surface area (Å²) in [5.41, 5.74) is 2.55. The summed E-state index contributed by atoms with van der Waals surface area (Å²) in [6.45, 7) is 2.51. The molecule has 0 radical (unpaired) electrons. The Balaban J connectivity index is 1.54. The molecule has 8 heteroatoms. The Kier molecular flexibility index (Phi) is 5.85. The zero-order chi connectivity index (χ0) is 22.7. The van der Waals surface area contributed by atoms with Gasteiger partial charge in [-0.25, -0.2) is 0 Å². The third-order valence-corrected chi connectivity index (χ3v) is 5.20. The van der Waals surface area contributed by atoms with E-state index in [0.717, 1.165) is 11.1 Å². The van der Waals surface area contributed by atoms with Crippen molar-refractivity contribution in [3.63, 3.8) is 0 Å². The number of amides is 2. The minimum Gasteiger partial charge on any atom is -0.481 e. The van der Waals surface area contributed by atoms with Crippen LogP contribution in [0.3, 0.4) is 0 Å². The van der Waals surface area contributed by atoms with Gasteiger partial charge in [0.25, 0.3) is 17.5 Å². The molecule has 0 saturated carbocycles. The second-order valence-electron chi connectivity index (χ2n) is 7.52. The largest absolute Gasteiger partial charge is 0.481 e. The van der Waals surface area contributed by atoms with Crippen LogP contribution in [0.25, 0.3) is 0 Å². The van der Waals surface area contributed by atoms with E-state index in [2.05, 4.69) is 5.32 Å². The lowest BCUT2D eigenvalue weighted by Crippen LogP contribution is -2.37. The molecule has 2 amide bonds. The van der Waals surface area contributed by atoms with E-state index in [-0.39, 0.29) is 17.5 Å². The normalized spacial score (nSPS) is 15.3. The lowest BCUT2D eigenvalue weighted by molar-refractivity contribution is -0.384. The summed E-state index contributed by atoms with van der Waals surface area (Å²) >= 11 is 0. The van der Waals surface area contributed by atoms with E-state index in [4.69, 9.17) is 4.74 Å². The fourth-order valence-electron chi connectivity index (χ4n) is 3.55. The Morgan fingerprint density at radius 3 is 2.53 bits per heavy atom. The number of benzene rings is 3. The van der Waals surface area contributed by atoms with Crippen molar-refractivity contribution >= 4 is 23.2 Å². The lowest BCUT2D eigenvalue weighted by Gasteiger charge is -2.22. The van der Waals surface area contributed by atoms with Gasteiger partial charge in [0.1, 0.15) is 5.75 Å². The van der Waals surface area contributed by atoms with Crippen LogP contribution in [0.4, 0.5) is 11.4 Å². The number of nitro groups is 1. The second kappa shape index (κ2) is 8.89. The van der Waals surface area contributed by atoms with Crippen molar-refractivity contribution in [1.82, 2.24) is 4.90 Å². The Morgan fingerprint density at radius 2 is 1.84 bits per heavy atom. The number of carbonyl (C=O) groups excluding carboxylic acids is 2. The number of hydrogen-bond donors (Lipinski definition) is 1. The first-order valence-corrected chi connectivity index (χ1v) is 10.1. The molecule has 1 N–H and O–H groups in total. The minimum atomic E-state index is -0.625. The molecule has 0 spiro atoms. The maximum Gasteiger partial charge on any atom is 0.269 e. The SMILES string of the molecule is C[C@H]1Oc2ccc(NC(=O)c3ccc([N+](=O)[O-])cc3)cc2CN(Cc2ccccc2)C1=O. The molecular formula is C24H21N3O5. The molecule has 0 aliphatic carbocycles. The minimum absolute atomic E-state index is 0.0824. The summed E-state index contributed by atoms with van der Waals surface area (Å²) in [4.78, 5) is 37.4. The molecular weight excluding hydrogens is 410 g/mol. The summed E-state index contributed by atoms with van der Waals surface area (Å²) in [5.74, 6) is 0.0937. The van der Waals surface area contributed by atoms with Gasteiger partial charge >= 0.3 is 0 Å². The quantitative estimate of drug-likeness (QED) is 0.483. The lowest BCUT2D eigenvalue weighted by atomic mass is 10.1. The van der Waals surface area contributed by atoms with Crippen LogP contribution in [0.1, 0.15) is 28.4 Å². The highest BCUT2D eigenvalue weighted by molar-refractivity contribution is 6.04. The van der Waals surface area contributed by atoms with Crippen molar-refractivity contribution in [2.24, 2.45) is 0 Å². The highest BCUT2D eigenvalue weighted by Crippen LogP contribution is 2.29. The van der Waals surface area contributed by atoms with Crippen molar-refractivity contribution < 1.29 is 19.2 Å². The van der Waals surface area contributed by atoms with Crippen LogP contribution >= 0.6 is 0 Å². The molecule has 0 aromatic heterocycles. The molecule has 3 aromatic carbocycles. The Labute approximate surface area is 184 Å². The average Bonchev–Trinajstić information content (AvgIpc) is 2.91. The molecule has 8 nitrogen and oxygen atoms in total. The number of rotatable bonds is 5. The van der Waals surface area contributed by atoms with E-state index in [0.29, 0.717) is 30.1 Å². The van der Waals surface area contributed by atoms with E-state index in [9.17, 15) is 19.7 Å². The van der Waals surface area contributed by atoms with Crippen LogP contribution in [0.2, 0.25) is 0 Å². The molecule has 0 unspecified atom stereocenters. The molecule has 4 rings (SSSR count). The number of non-ortho nitro benzene ring substituents is 1. The van der Waals surface area contributed by atoms with Crippen molar-refractivity contribution in [3.8, 4) is 5.75 Å². The van der Waals surface area contributed by atoms with Gasteiger partial charge in [-0.15, -0.1) is 0 Å². The van der Waals surface area contributed by atoms with Gasteiger partial charge < -0.3 is 15.0 Å². The van der Waals surface area contributed by atoms with Crippen LogP contribution < -0.4 is 10.1 Å². The standard InChI is InChI=1S/C24H21N3O5/c1-16-24(29)26(14-17-5-3-2-4-6-17)15-19-13-20(9-12-22(19)32-16)25-23(28)18-7-10-21(11-8-18)27(30)31/h2-13,16H,14-15H2,1H3,(H,25,28)/t16-/m1/s1. The first kappa shape index (κ1) is 21.0. The molecule has 1 aliphatic heterocycles. The smallest absolute Gasteiger partial charge is 0.269 e. The van der Waals surface area contributed by atoms with Crippen LogP contribution in [-0.2, 0) is 17.9 Å². The van der Waals surface area contributed by atoms with Crippen molar-refractivity contribution in [1.29, 1.82) is 0 Å². The third kappa shape index (κ3) is 4.59. The fraction of sp³-hybridized carbons (Fsp3) is 0.167. The Hall–Kier alpha value is -4.20. The molecule has 0 bridgehead atoms. The zero-order valence-corrected chi connectivity index (χ0v) is 17.4. The molecule has 0 fully saturated rings. The van der Waals surface area contributed by atoms with Crippen LogP contribution in [0.5, 0.6) is 5.75 Å². The molecule has 32 heavy (non-hydrogen) atoms. The number of ether oxygens (including phenoxy) is 1. The Bertz CT molecular complexity index is 1160. The Morgan fingerprint density at radius 1 is 1.12 bits per heavy atom. The maximum atomic E-state index is 12.8. The number of fused-ring (bicyclic) bond motifs is 1. The molecule has 1 aliphatic rings. The first-order chi connectivity index (χ1) is 15.4. The summed E-state index contributed by atoms with van der Waals surface area (Å²) in [6, 6.07) is 20.3. The molecule has 162 valence electrons.